The van der Waals surface area contributed by atoms with Gasteiger partial charge in [0.25, 0.3) is 5.91 Å². The number of rotatable bonds is 7. The Morgan fingerprint density at radius 2 is 1.86 bits per heavy atom. The summed E-state index contributed by atoms with van der Waals surface area (Å²) in [5.41, 5.74) is 1.93. The number of ether oxygens (including phenoxy) is 1. The highest BCUT2D eigenvalue weighted by molar-refractivity contribution is 6.02. The highest BCUT2D eigenvalue weighted by Gasteiger charge is 2.24. The van der Waals surface area contributed by atoms with E-state index in [4.69, 9.17) is 4.74 Å². The number of piperidine rings is 1. The first-order valence-electron chi connectivity index (χ1n) is 9.88. The molecule has 0 saturated carbocycles. The lowest BCUT2D eigenvalue weighted by Crippen LogP contribution is -2.38. The number of benzene rings is 1. The third kappa shape index (κ3) is 5.97. The van der Waals surface area contributed by atoms with Crippen LogP contribution in [0.3, 0.4) is 0 Å². The molecule has 1 aromatic carbocycles. The van der Waals surface area contributed by atoms with E-state index in [9.17, 15) is 14.4 Å². The van der Waals surface area contributed by atoms with Crippen LogP contribution in [0.5, 0.6) is 0 Å². The number of hydrogen-bond donors (Lipinski definition) is 1. The van der Waals surface area contributed by atoms with Gasteiger partial charge in [0, 0.05) is 45.0 Å². The van der Waals surface area contributed by atoms with Crippen molar-refractivity contribution in [2.75, 3.05) is 44.0 Å². The zero-order chi connectivity index (χ0) is 20.7. The number of carbonyl (C=O) groups is 3. The van der Waals surface area contributed by atoms with Gasteiger partial charge in [0.1, 0.15) is 0 Å². The van der Waals surface area contributed by atoms with Crippen molar-refractivity contribution in [3.05, 3.63) is 23.8 Å². The summed E-state index contributed by atoms with van der Waals surface area (Å²) < 4.78 is 4.84. The Labute approximate surface area is 167 Å². The molecule has 2 rings (SSSR count). The molecule has 28 heavy (non-hydrogen) atoms. The number of anilines is 2. The van der Waals surface area contributed by atoms with Crippen LogP contribution in [0.25, 0.3) is 0 Å². The average Bonchev–Trinajstić information content (AvgIpc) is 2.66. The second kappa shape index (κ2) is 10.1. The van der Waals surface area contributed by atoms with Crippen LogP contribution in [0.15, 0.2) is 18.2 Å². The Morgan fingerprint density at radius 3 is 2.46 bits per heavy atom. The molecule has 1 saturated heterocycles. The number of amides is 2. The molecule has 0 aromatic heterocycles. The lowest BCUT2D eigenvalue weighted by Gasteiger charge is -2.31. The summed E-state index contributed by atoms with van der Waals surface area (Å²) in [6.45, 7) is 5.74. The fourth-order valence-corrected chi connectivity index (χ4v) is 3.23. The van der Waals surface area contributed by atoms with Gasteiger partial charge in [-0.2, -0.15) is 0 Å². The molecule has 0 radical (unpaired) electrons. The van der Waals surface area contributed by atoms with Crippen molar-refractivity contribution in [2.45, 2.75) is 39.5 Å². The number of esters is 1. The summed E-state index contributed by atoms with van der Waals surface area (Å²) in [7, 11) is 3.78. The molecule has 7 nitrogen and oxygen atoms in total. The summed E-state index contributed by atoms with van der Waals surface area (Å²) in [6, 6.07) is 5.32. The number of hydrogen-bond acceptors (Lipinski definition) is 5. The Bertz CT molecular complexity index is 710. The molecular formula is C21H31N3O4. The van der Waals surface area contributed by atoms with Crippen molar-refractivity contribution in [1.29, 1.82) is 0 Å². The molecule has 1 heterocycles. The Balaban J connectivity index is 2.10. The van der Waals surface area contributed by atoms with Gasteiger partial charge in [-0.3, -0.25) is 14.4 Å². The second-order valence-corrected chi connectivity index (χ2v) is 7.45. The zero-order valence-electron chi connectivity index (χ0n) is 17.3. The Hall–Kier alpha value is -2.57. The van der Waals surface area contributed by atoms with E-state index in [1.165, 1.54) is 0 Å². The standard InChI is InChI=1S/C21H31N3O4/c1-5-28-20(26)9-8-19(25)22-16-6-7-18(23(3)4)17(14-16)21(27)24-12-10-15(2)11-13-24/h6-7,14-15H,5,8-13H2,1-4H3,(H,22,25). The van der Waals surface area contributed by atoms with Crippen molar-refractivity contribution in [2.24, 2.45) is 5.92 Å². The number of carbonyl (C=O) groups excluding carboxylic acids is 3. The maximum atomic E-state index is 13.1. The maximum Gasteiger partial charge on any atom is 0.306 e. The van der Waals surface area contributed by atoms with Gasteiger partial charge >= 0.3 is 5.97 Å². The van der Waals surface area contributed by atoms with E-state index < -0.39 is 5.97 Å². The highest BCUT2D eigenvalue weighted by atomic mass is 16.5. The summed E-state index contributed by atoms with van der Waals surface area (Å²) in [5.74, 6) is -0.0488. The van der Waals surface area contributed by atoms with E-state index in [-0.39, 0.29) is 24.7 Å². The van der Waals surface area contributed by atoms with E-state index in [0.717, 1.165) is 31.6 Å². The van der Waals surface area contributed by atoms with Crippen molar-refractivity contribution in [3.63, 3.8) is 0 Å². The van der Waals surface area contributed by atoms with Gasteiger partial charge in [-0.05, 0) is 43.9 Å². The van der Waals surface area contributed by atoms with E-state index in [1.54, 1.807) is 19.1 Å². The number of nitrogens with zero attached hydrogens (tertiary/aromatic N) is 2. The van der Waals surface area contributed by atoms with Crippen LogP contribution >= 0.6 is 0 Å². The fourth-order valence-electron chi connectivity index (χ4n) is 3.23. The largest absolute Gasteiger partial charge is 0.466 e. The molecule has 1 aromatic rings. The van der Waals surface area contributed by atoms with Crippen LogP contribution in [-0.2, 0) is 14.3 Å². The summed E-state index contributed by atoms with van der Waals surface area (Å²) in [5, 5.41) is 2.77. The SMILES string of the molecule is CCOC(=O)CCC(=O)Nc1ccc(N(C)C)c(C(=O)N2CCC(C)CC2)c1. The van der Waals surface area contributed by atoms with Gasteiger partial charge in [-0.1, -0.05) is 6.92 Å². The molecule has 1 aliphatic heterocycles. The normalized spacial score (nSPS) is 14.5. The molecule has 7 heteroatoms. The van der Waals surface area contributed by atoms with Crippen molar-refractivity contribution in [3.8, 4) is 0 Å². The first-order chi connectivity index (χ1) is 13.3. The van der Waals surface area contributed by atoms with Crippen LogP contribution in [0.4, 0.5) is 11.4 Å². The molecular weight excluding hydrogens is 358 g/mol. The van der Waals surface area contributed by atoms with E-state index >= 15 is 0 Å². The molecule has 0 atom stereocenters. The van der Waals surface area contributed by atoms with Crippen LogP contribution in [0.1, 0.15) is 49.9 Å². The lowest BCUT2D eigenvalue weighted by atomic mass is 9.98. The minimum atomic E-state index is -0.393. The van der Waals surface area contributed by atoms with E-state index in [0.29, 0.717) is 23.8 Å². The van der Waals surface area contributed by atoms with E-state index in [1.807, 2.05) is 30.0 Å². The quantitative estimate of drug-likeness (QED) is 0.726. The van der Waals surface area contributed by atoms with Gasteiger partial charge in [0.2, 0.25) is 5.91 Å². The summed E-state index contributed by atoms with van der Waals surface area (Å²) >= 11 is 0. The van der Waals surface area contributed by atoms with Gasteiger partial charge in [-0.25, -0.2) is 0 Å². The molecule has 1 aliphatic rings. The van der Waals surface area contributed by atoms with Crippen molar-refractivity contribution < 1.29 is 19.1 Å². The van der Waals surface area contributed by atoms with Crippen molar-refractivity contribution in [1.82, 2.24) is 4.90 Å². The Morgan fingerprint density at radius 1 is 1.18 bits per heavy atom. The molecule has 0 aliphatic carbocycles. The molecule has 0 bridgehead atoms. The molecule has 154 valence electrons. The maximum absolute atomic E-state index is 13.1. The van der Waals surface area contributed by atoms with Crippen LogP contribution in [0.2, 0.25) is 0 Å². The predicted molar refractivity (Wildman–Crippen MR) is 110 cm³/mol. The summed E-state index contributed by atoms with van der Waals surface area (Å²) in [6.07, 6.45) is 2.09. The molecule has 2 amide bonds. The predicted octanol–water partition coefficient (Wildman–Crippen LogP) is 2.91. The van der Waals surface area contributed by atoms with E-state index in [2.05, 4.69) is 12.2 Å². The molecule has 0 spiro atoms. The zero-order valence-corrected chi connectivity index (χ0v) is 17.3. The Kier molecular flexibility index (Phi) is 7.84. The third-order valence-electron chi connectivity index (χ3n) is 4.92. The lowest BCUT2D eigenvalue weighted by molar-refractivity contribution is -0.144. The minimum absolute atomic E-state index is 0.0155. The van der Waals surface area contributed by atoms with Crippen LogP contribution in [-0.4, -0.2) is 56.5 Å². The van der Waals surface area contributed by atoms with Crippen LogP contribution < -0.4 is 10.2 Å². The van der Waals surface area contributed by atoms with Gasteiger partial charge in [0.05, 0.1) is 18.6 Å². The smallest absolute Gasteiger partial charge is 0.306 e. The highest BCUT2D eigenvalue weighted by Crippen LogP contribution is 2.26. The number of nitrogens with one attached hydrogen (secondary N) is 1. The third-order valence-corrected chi connectivity index (χ3v) is 4.92. The van der Waals surface area contributed by atoms with Gasteiger partial charge < -0.3 is 19.9 Å². The first-order valence-corrected chi connectivity index (χ1v) is 9.88. The van der Waals surface area contributed by atoms with Gasteiger partial charge in [-0.15, -0.1) is 0 Å². The molecule has 0 unspecified atom stereocenters. The average molecular weight is 389 g/mol. The number of likely N-dealkylation sites (tertiary alicyclic amines) is 1. The second-order valence-electron chi connectivity index (χ2n) is 7.45. The van der Waals surface area contributed by atoms with Gasteiger partial charge in [0.15, 0.2) is 0 Å². The fraction of sp³-hybridized carbons (Fsp3) is 0.571. The monoisotopic (exact) mass is 389 g/mol. The first kappa shape index (κ1) is 21.7. The van der Waals surface area contributed by atoms with Crippen molar-refractivity contribution >= 4 is 29.2 Å². The topological polar surface area (TPSA) is 79.0 Å². The molecule has 1 fully saturated rings. The summed E-state index contributed by atoms with van der Waals surface area (Å²) in [4.78, 5) is 40.4. The molecule has 1 N–H and O–H groups in total. The minimum Gasteiger partial charge on any atom is -0.466 e. The van der Waals surface area contributed by atoms with Crippen LogP contribution in [0, 0.1) is 5.92 Å².